The van der Waals surface area contributed by atoms with Crippen LogP contribution >= 0.6 is 0 Å². The van der Waals surface area contributed by atoms with Gasteiger partial charge in [0.1, 0.15) is 0 Å². The predicted octanol–water partition coefficient (Wildman–Crippen LogP) is 3.22. The fraction of sp³-hybridized carbons (Fsp3) is 0.750. The van der Waals surface area contributed by atoms with E-state index in [0.29, 0.717) is 6.42 Å². The summed E-state index contributed by atoms with van der Waals surface area (Å²) in [7, 11) is 0. The molecule has 2 heteroatoms. The summed E-state index contributed by atoms with van der Waals surface area (Å²) in [6, 6.07) is 0. The number of ether oxygens (including phenoxy) is 1. The van der Waals surface area contributed by atoms with Crippen molar-refractivity contribution in [2.24, 2.45) is 0 Å². The second-order valence-electron chi connectivity index (χ2n) is 3.95. The van der Waals surface area contributed by atoms with Gasteiger partial charge in [-0.1, -0.05) is 18.6 Å². The van der Waals surface area contributed by atoms with Crippen LogP contribution in [0.3, 0.4) is 0 Å². The predicted molar refractivity (Wildman–Crippen MR) is 57.0 cm³/mol. The van der Waals surface area contributed by atoms with Crippen LogP contribution in [0.1, 0.15) is 51.9 Å². The molecule has 1 aliphatic heterocycles. The van der Waals surface area contributed by atoms with Crippen LogP contribution in [0.25, 0.3) is 0 Å². The molecule has 0 bridgehead atoms. The average molecular weight is 196 g/mol. The normalized spacial score (nSPS) is 28.4. The zero-order chi connectivity index (χ0) is 10.2. The van der Waals surface area contributed by atoms with Gasteiger partial charge in [-0.05, 0) is 39.0 Å². The molecule has 0 spiro atoms. The number of hydrogen-bond acceptors (Lipinski definition) is 2. The maximum absolute atomic E-state index is 11.3. The lowest BCUT2D eigenvalue weighted by atomic mass is 10.1. The van der Waals surface area contributed by atoms with Crippen LogP contribution in [0.15, 0.2) is 12.2 Å². The van der Waals surface area contributed by atoms with Crippen molar-refractivity contribution in [3.05, 3.63) is 12.2 Å². The van der Waals surface area contributed by atoms with Gasteiger partial charge >= 0.3 is 5.97 Å². The Morgan fingerprint density at radius 1 is 1.21 bits per heavy atom. The number of carbonyl (C=O) groups excluding carboxylic acids is 1. The summed E-state index contributed by atoms with van der Waals surface area (Å²) >= 11 is 0. The third-order valence-corrected chi connectivity index (χ3v) is 2.49. The molecule has 2 nitrogen and oxygen atoms in total. The Labute approximate surface area is 86.3 Å². The molecule has 0 radical (unpaired) electrons. The summed E-state index contributed by atoms with van der Waals surface area (Å²) in [5.74, 6) is -0.0259. The molecular weight excluding hydrogens is 176 g/mol. The molecule has 0 amide bonds. The van der Waals surface area contributed by atoms with Crippen LogP contribution in [-0.2, 0) is 9.53 Å². The van der Waals surface area contributed by atoms with E-state index in [1.807, 2.05) is 6.92 Å². The monoisotopic (exact) mass is 196 g/mol. The summed E-state index contributed by atoms with van der Waals surface area (Å²) in [6.07, 6.45) is 11.5. The third-order valence-electron chi connectivity index (χ3n) is 2.49. The fourth-order valence-electron chi connectivity index (χ4n) is 1.62. The first-order chi connectivity index (χ1) is 6.79. The Morgan fingerprint density at radius 2 is 2.00 bits per heavy atom. The van der Waals surface area contributed by atoms with E-state index in [9.17, 15) is 4.79 Å². The summed E-state index contributed by atoms with van der Waals surface area (Å²) in [5.41, 5.74) is 0. The quantitative estimate of drug-likeness (QED) is 0.439. The molecule has 1 atom stereocenters. The molecule has 80 valence electrons. The van der Waals surface area contributed by atoms with E-state index in [4.69, 9.17) is 4.74 Å². The molecule has 0 saturated carbocycles. The Balaban J connectivity index is 2.35. The lowest BCUT2D eigenvalue weighted by Crippen LogP contribution is -2.14. The first-order valence-electron chi connectivity index (χ1n) is 5.63. The van der Waals surface area contributed by atoms with Crippen molar-refractivity contribution in [3.63, 3.8) is 0 Å². The molecule has 0 fully saturated rings. The summed E-state index contributed by atoms with van der Waals surface area (Å²) in [4.78, 5) is 11.3. The largest absolute Gasteiger partial charge is 0.463 e. The van der Waals surface area contributed by atoms with Gasteiger partial charge in [0.2, 0.25) is 0 Å². The Hall–Kier alpha value is -0.790. The zero-order valence-electron chi connectivity index (χ0n) is 9.00. The van der Waals surface area contributed by atoms with Crippen LogP contribution in [-0.4, -0.2) is 12.1 Å². The number of carbonyl (C=O) groups is 1. The van der Waals surface area contributed by atoms with Gasteiger partial charge < -0.3 is 4.74 Å². The van der Waals surface area contributed by atoms with Crippen molar-refractivity contribution in [1.29, 1.82) is 0 Å². The van der Waals surface area contributed by atoms with Crippen LogP contribution < -0.4 is 0 Å². The minimum atomic E-state index is -0.0259. The highest BCUT2D eigenvalue weighted by Crippen LogP contribution is 2.10. The molecule has 0 aromatic heterocycles. The SMILES string of the molecule is CC1CC/C=C/CCCCCC(=O)O1. The van der Waals surface area contributed by atoms with E-state index in [0.717, 1.165) is 32.1 Å². The molecule has 0 saturated heterocycles. The van der Waals surface area contributed by atoms with Crippen LogP contribution in [0.2, 0.25) is 0 Å². The molecule has 0 aromatic carbocycles. The average Bonchev–Trinajstić information content (AvgIpc) is 2.13. The molecule has 1 aliphatic rings. The number of rotatable bonds is 0. The van der Waals surface area contributed by atoms with E-state index in [-0.39, 0.29) is 12.1 Å². The van der Waals surface area contributed by atoms with E-state index in [2.05, 4.69) is 12.2 Å². The number of hydrogen-bond donors (Lipinski definition) is 0. The smallest absolute Gasteiger partial charge is 0.306 e. The van der Waals surface area contributed by atoms with Crippen LogP contribution in [0.5, 0.6) is 0 Å². The maximum Gasteiger partial charge on any atom is 0.306 e. The molecule has 0 N–H and O–H groups in total. The molecule has 1 rings (SSSR count). The van der Waals surface area contributed by atoms with Gasteiger partial charge in [0, 0.05) is 6.42 Å². The topological polar surface area (TPSA) is 26.3 Å². The first-order valence-corrected chi connectivity index (χ1v) is 5.63. The van der Waals surface area contributed by atoms with Crippen molar-refractivity contribution >= 4 is 5.97 Å². The Kier molecular flexibility index (Phi) is 5.35. The highest BCUT2D eigenvalue weighted by molar-refractivity contribution is 5.69. The molecule has 0 aromatic rings. The minimum Gasteiger partial charge on any atom is -0.463 e. The highest BCUT2D eigenvalue weighted by Gasteiger charge is 2.08. The van der Waals surface area contributed by atoms with Gasteiger partial charge in [0.15, 0.2) is 0 Å². The Morgan fingerprint density at radius 3 is 2.86 bits per heavy atom. The molecule has 1 unspecified atom stereocenters. The van der Waals surface area contributed by atoms with Crippen molar-refractivity contribution in [1.82, 2.24) is 0 Å². The summed E-state index contributed by atoms with van der Waals surface area (Å²) < 4.78 is 5.25. The van der Waals surface area contributed by atoms with E-state index >= 15 is 0 Å². The molecular formula is C12H20O2. The first kappa shape index (κ1) is 11.3. The molecule has 1 heterocycles. The second-order valence-corrected chi connectivity index (χ2v) is 3.95. The van der Waals surface area contributed by atoms with Crippen molar-refractivity contribution in [2.75, 3.05) is 0 Å². The second kappa shape index (κ2) is 6.63. The van der Waals surface area contributed by atoms with Gasteiger partial charge in [-0.25, -0.2) is 0 Å². The summed E-state index contributed by atoms with van der Waals surface area (Å²) in [5, 5.41) is 0. The van der Waals surface area contributed by atoms with Crippen molar-refractivity contribution in [2.45, 2.75) is 58.0 Å². The standard InChI is InChI=1S/C12H20O2/c1-11-9-7-5-3-2-4-6-8-10-12(13)14-11/h3,5,11H,2,4,6-10H2,1H3/b5-3+. The van der Waals surface area contributed by atoms with Gasteiger partial charge in [0.05, 0.1) is 6.10 Å². The lowest BCUT2D eigenvalue weighted by Gasteiger charge is -2.12. The summed E-state index contributed by atoms with van der Waals surface area (Å²) in [6.45, 7) is 1.97. The van der Waals surface area contributed by atoms with Gasteiger partial charge in [-0.3, -0.25) is 4.79 Å². The van der Waals surface area contributed by atoms with E-state index in [1.54, 1.807) is 0 Å². The van der Waals surface area contributed by atoms with Crippen LogP contribution in [0, 0.1) is 0 Å². The molecule has 0 aliphatic carbocycles. The van der Waals surface area contributed by atoms with Gasteiger partial charge in [-0.15, -0.1) is 0 Å². The van der Waals surface area contributed by atoms with Crippen molar-refractivity contribution < 1.29 is 9.53 Å². The van der Waals surface area contributed by atoms with Gasteiger partial charge in [0.25, 0.3) is 0 Å². The van der Waals surface area contributed by atoms with E-state index in [1.165, 1.54) is 6.42 Å². The van der Waals surface area contributed by atoms with Gasteiger partial charge in [-0.2, -0.15) is 0 Å². The zero-order valence-corrected chi connectivity index (χ0v) is 9.00. The number of cyclic esters (lactones) is 1. The van der Waals surface area contributed by atoms with Crippen molar-refractivity contribution in [3.8, 4) is 0 Å². The number of allylic oxidation sites excluding steroid dienone is 2. The number of esters is 1. The Bertz CT molecular complexity index is 196. The molecule has 14 heavy (non-hydrogen) atoms. The van der Waals surface area contributed by atoms with Crippen LogP contribution in [0.4, 0.5) is 0 Å². The lowest BCUT2D eigenvalue weighted by molar-refractivity contribution is -0.148. The third kappa shape index (κ3) is 5.05. The minimum absolute atomic E-state index is 0.0259. The van der Waals surface area contributed by atoms with E-state index < -0.39 is 0 Å². The maximum atomic E-state index is 11.3. The highest BCUT2D eigenvalue weighted by atomic mass is 16.5. The fourth-order valence-corrected chi connectivity index (χ4v) is 1.62.